The first kappa shape index (κ1) is 21.6. The summed E-state index contributed by atoms with van der Waals surface area (Å²) < 4.78 is 16.4. The number of amides is 1. The number of carbonyl (C=O) groups is 1. The average Bonchev–Trinajstić information content (AvgIpc) is 3.52. The zero-order chi connectivity index (χ0) is 22.5. The molecule has 172 valence electrons. The van der Waals surface area contributed by atoms with Crippen molar-refractivity contribution in [3.05, 3.63) is 83.8 Å². The summed E-state index contributed by atoms with van der Waals surface area (Å²) in [5, 5.41) is 0. The lowest BCUT2D eigenvalue weighted by atomic mass is 10.1. The monoisotopic (exact) mass is 447 g/mol. The van der Waals surface area contributed by atoms with Gasteiger partial charge in [-0.2, -0.15) is 0 Å². The number of fused-ring (bicyclic) bond motifs is 1. The maximum absolute atomic E-state index is 13.2. The molecule has 1 aromatic heterocycles. The van der Waals surface area contributed by atoms with Crippen LogP contribution in [-0.2, 0) is 24.4 Å². The molecular formula is C26H29N3O4. The van der Waals surface area contributed by atoms with Crippen LogP contribution in [0.3, 0.4) is 0 Å². The second-order valence-corrected chi connectivity index (χ2v) is 8.55. The van der Waals surface area contributed by atoms with Crippen molar-refractivity contribution in [3.8, 4) is 11.5 Å². The van der Waals surface area contributed by atoms with E-state index in [1.54, 1.807) is 6.26 Å². The first-order chi connectivity index (χ1) is 16.2. The second-order valence-electron chi connectivity index (χ2n) is 8.55. The molecular weight excluding hydrogens is 418 g/mol. The van der Waals surface area contributed by atoms with Crippen LogP contribution in [0.5, 0.6) is 11.5 Å². The third-order valence-electron chi connectivity index (χ3n) is 6.16. The number of hydrogen-bond acceptors (Lipinski definition) is 6. The van der Waals surface area contributed by atoms with E-state index >= 15 is 0 Å². The summed E-state index contributed by atoms with van der Waals surface area (Å²) in [5.74, 6) is 2.57. The molecule has 3 aromatic rings. The van der Waals surface area contributed by atoms with Gasteiger partial charge in [0.15, 0.2) is 11.5 Å². The highest BCUT2D eigenvalue weighted by molar-refractivity contribution is 5.78. The Balaban J connectivity index is 1.15. The van der Waals surface area contributed by atoms with Gasteiger partial charge in [-0.15, -0.1) is 0 Å². The predicted molar refractivity (Wildman–Crippen MR) is 124 cm³/mol. The van der Waals surface area contributed by atoms with E-state index < -0.39 is 0 Å². The van der Waals surface area contributed by atoms with Gasteiger partial charge in [-0.3, -0.25) is 14.6 Å². The Bertz CT molecular complexity index is 1050. The summed E-state index contributed by atoms with van der Waals surface area (Å²) in [5.41, 5.74) is 2.34. The Hall–Kier alpha value is -3.29. The fourth-order valence-electron chi connectivity index (χ4n) is 4.32. The summed E-state index contributed by atoms with van der Waals surface area (Å²) >= 11 is 0. The van der Waals surface area contributed by atoms with Crippen LogP contribution in [0.1, 0.15) is 16.9 Å². The first-order valence-electron chi connectivity index (χ1n) is 11.4. The highest BCUT2D eigenvalue weighted by atomic mass is 16.7. The minimum Gasteiger partial charge on any atom is -0.467 e. The number of furan rings is 1. The number of piperazine rings is 1. The molecule has 5 rings (SSSR count). The molecule has 1 fully saturated rings. The Labute approximate surface area is 194 Å². The predicted octanol–water partition coefficient (Wildman–Crippen LogP) is 3.35. The molecule has 7 nitrogen and oxygen atoms in total. The molecule has 0 unspecified atom stereocenters. The molecule has 0 atom stereocenters. The third-order valence-corrected chi connectivity index (χ3v) is 6.16. The van der Waals surface area contributed by atoms with Crippen LogP contribution in [0.25, 0.3) is 0 Å². The lowest BCUT2D eigenvalue weighted by Crippen LogP contribution is -2.49. The van der Waals surface area contributed by atoms with Gasteiger partial charge in [0.25, 0.3) is 0 Å². The van der Waals surface area contributed by atoms with Crippen LogP contribution < -0.4 is 9.47 Å². The number of ether oxygens (including phenoxy) is 2. The van der Waals surface area contributed by atoms with Gasteiger partial charge in [-0.05, 0) is 35.4 Å². The van der Waals surface area contributed by atoms with Crippen LogP contribution in [-0.4, -0.2) is 60.1 Å². The van der Waals surface area contributed by atoms with Crippen molar-refractivity contribution in [2.45, 2.75) is 19.6 Å². The van der Waals surface area contributed by atoms with Gasteiger partial charge < -0.3 is 18.8 Å². The molecule has 2 aromatic carbocycles. The number of benzene rings is 2. The fourth-order valence-corrected chi connectivity index (χ4v) is 4.32. The van der Waals surface area contributed by atoms with E-state index in [1.807, 2.05) is 41.3 Å². The minimum absolute atomic E-state index is 0.125. The molecule has 0 N–H and O–H groups in total. The lowest BCUT2D eigenvalue weighted by Gasteiger charge is -2.35. The molecule has 2 aliphatic heterocycles. The van der Waals surface area contributed by atoms with Crippen LogP contribution in [0, 0.1) is 0 Å². The van der Waals surface area contributed by atoms with Gasteiger partial charge in [-0.25, -0.2) is 0 Å². The van der Waals surface area contributed by atoms with E-state index in [0.717, 1.165) is 55.5 Å². The summed E-state index contributed by atoms with van der Waals surface area (Å²) in [7, 11) is 0. The topological polar surface area (TPSA) is 58.4 Å². The van der Waals surface area contributed by atoms with Crippen LogP contribution in [0.2, 0.25) is 0 Å². The molecule has 0 spiro atoms. The number of nitrogens with zero attached hydrogens (tertiary/aromatic N) is 3. The normalized spacial score (nSPS) is 16.1. The maximum Gasteiger partial charge on any atom is 0.237 e. The number of carbonyl (C=O) groups excluding carboxylic acids is 1. The number of rotatable bonds is 8. The molecule has 0 aliphatic carbocycles. The lowest BCUT2D eigenvalue weighted by molar-refractivity contribution is -0.134. The first-order valence-corrected chi connectivity index (χ1v) is 11.4. The highest BCUT2D eigenvalue weighted by Gasteiger charge is 2.23. The fraction of sp³-hybridized carbons (Fsp3) is 0.346. The molecule has 1 saturated heterocycles. The van der Waals surface area contributed by atoms with Crippen molar-refractivity contribution >= 4 is 5.91 Å². The molecule has 0 saturated carbocycles. The molecule has 2 aliphatic rings. The summed E-state index contributed by atoms with van der Waals surface area (Å²) in [6.07, 6.45) is 1.65. The van der Waals surface area contributed by atoms with Crippen molar-refractivity contribution in [1.29, 1.82) is 0 Å². The standard InChI is InChI=1S/C26H29N3O4/c30-26(29(18-23-7-4-14-31-23)17-21-5-2-1-3-6-21)19-28-12-10-27(11-13-28)16-22-8-9-24-25(15-22)33-20-32-24/h1-9,14-15H,10-13,16-20H2. The number of hydrogen-bond donors (Lipinski definition) is 0. The zero-order valence-electron chi connectivity index (χ0n) is 18.7. The van der Waals surface area contributed by atoms with Gasteiger partial charge in [0, 0.05) is 39.3 Å². The Morgan fingerprint density at radius 3 is 2.39 bits per heavy atom. The van der Waals surface area contributed by atoms with Gasteiger partial charge in [-0.1, -0.05) is 36.4 Å². The largest absolute Gasteiger partial charge is 0.467 e. The molecule has 7 heteroatoms. The Morgan fingerprint density at radius 1 is 0.818 bits per heavy atom. The zero-order valence-corrected chi connectivity index (χ0v) is 18.7. The Kier molecular flexibility index (Phi) is 6.60. The average molecular weight is 448 g/mol. The van der Waals surface area contributed by atoms with Crippen molar-refractivity contribution in [1.82, 2.24) is 14.7 Å². The highest BCUT2D eigenvalue weighted by Crippen LogP contribution is 2.32. The van der Waals surface area contributed by atoms with Crippen LogP contribution in [0.4, 0.5) is 0 Å². The van der Waals surface area contributed by atoms with E-state index in [9.17, 15) is 4.79 Å². The van der Waals surface area contributed by atoms with Crippen molar-refractivity contribution < 1.29 is 18.7 Å². The van der Waals surface area contributed by atoms with Crippen LogP contribution in [0.15, 0.2) is 71.3 Å². The molecule has 3 heterocycles. The summed E-state index contributed by atoms with van der Waals surface area (Å²) in [6.45, 7) is 6.24. The van der Waals surface area contributed by atoms with Gasteiger partial charge >= 0.3 is 0 Å². The maximum atomic E-state index is 13.2. The summed E-state index contributed by atoms with van der Waals surface area (Å²) in [6, 6.07) is 20.0. The molecule has 1 amide bonds. The molecule has 0 bridgehead atoms. The van der Waals surface area contributed by atoms with Crippen LogP contribution >= 0.6 is 0 Å². The van der Waals surface area contributed by atoms with Crippen molar-refractivity contribution in [2.75, 3.05) is 39.5 Å². The quantitative estimate of drug-likeness (QED) is 0.528. The summed E-state index contributed by atoms with van der Waals surface area (Å²) in [4.78, 5) is 19.8. The molecule has 0 radical (unpaired) electrons. The van der Waals surface area contributed by atoms with E-state index in [0.29, 0.717) is 26.4 Å². The smallest absolute Gasteiger partial charge is 0.237 e. The van der Waals surface area contributed by atoms with E-state index in [-0.39, 0.29) is 5.91 Å². The SMILES string of the molecule is O=C(CN1CCN(Cc2ccc3c(c2)OCO3)CC1)N(Cc1ccccc1)Cc1ccco1. The van der Waals surface area contributed by atoms with Gasteiger partial charge in [0.1, 0.15) is 5.76 Å². The van der Waals surface area contributed by atoms with E-state index in [4.69, 9.17) is 13.9 Å². The van der Waals surface area contributed by atoms with Crippen molar-refractivity contribution in [3.63, 3.8) is 0 Å². The van der Waals surface area contributed by atoms with E-state index in [2.05, 4.69) is 34.1 Å². The molecule has 33 heavy (non-hydrogen) atoms. The van der Waals surface area contributed by atoms with Crippen molar-refractivity contribution in [2.24, 2.45) is 0 Å². The Morgan fingerprint density at radius 2 is 1.61 bits per heavy atom. The van der Waals surface area contributed by atoms with Gasteiger partial charge in [0.05, 0.1) is 19.4 Å². The minimum atomic E-state index is 0.125. The van der Waals surface area contributed by atoms with Gasteiger partial charge in [0.2, 0.25) is 12.7 Å². The van der Waals surface area contributed by atoms with E-state index in [1.165, 1.54) is 5.56 Å². The second kappa shape index (κ2) is 10.1. The third kappa shape index (κ3) is 5.56.